The smallest absolute Gasteiger partial charge is 0.307 e. The van der Waals surface area contributed by atoms with Gasteiger partial charge in [-0.2, -0.15) is 0 Å². The van der Waals surface area contributed by atoms with Crippen LogP contribution in [0.3, 0.4) is 0 Å². The van der Waals surface area contributed by atoms with Crippen molar-refractivity contribution in [3.05, 3.63) is 88.4 Å². The third-order valence-electron chi connectivity index (χ3n) is 6.48. The fourth-order valence-electron chi connectivity index (χ4n) is 4.62. The highest BCUT2D eigenvalue weighted by Gasteiger charge is 2.35. The average Bonchev–Trinajstić information content (AvgIpc) is 3.19. The molecule has 2 N–H and O–H groups in total. The molecule has 1 unspecified atom stereocenters. The second-order valence-corrected chi connectivity index (χ2v) is 12.3. The molecule has 1 atom stereocenters. The van der Waals surface area contributed by atoms with Crippen LogP contribution in [0.25, 0.3) is 0 Å². The van der Waals surface area contributed by atoms with Gasteiger partial charge in [-0.25, -0.2) is 8.42 Å². The van der Waals surface area contributed by atoms with Crippen molar-refractivity contribution in [2.45, 2.75) is 18.8 Å². The molecule has 11 heteroatoms. The van der Waals surface area contributed by atoms with Gasteiger partial charge < -0.3 is 15.3 Å². The molecule has 0 radical (unpaired) electrons. The lowest BCUT2D eigenvalue weighted by atomic mass is 9.90. The van der Waals surface area contributed by atoms with Crippen LogP contribution < -0.4 is 9.62 Å². The Morgan fingerprint density at radius 3 is 2.30 bits per heavy atom. The highest BCUT2D eigenvalue weighted by atomic mass is 35.5. The van der Waals surface area contributed by atoms with Crippen molar-refractivity contribution in [2.75, 3.05) is 43.1 Å². The zero-order chi connectivity index (χ0) is 29.0. The Morgan fingerprint density at radius 1 is 1.02 bits per heavy atom. The topological polar surface area (TPSA) is 119 Å². The van der Waals surface area contributed by atoms with E-state index in [2.05, 4.69) is 5.32 Å². The van der Waals surface area contributed by atoms with Crippen molar-refractivity contribution in [2.24, 2.45) is 4.99 Å². The maximum absolute atomic E-state index is 13.2. The molecule has 0 aliphatic carbocycles. The molecule has 0 aromatic heterocycles. The first-order valence-corrected chi connectivity index (χ1v) is 14.9. The molecule has 1 aliphatic rings. The molecule has 40 heavy (non-hydrogen) atoms. The Morgan fingerprint density at radius 2 is 1.70 bits per heavy atom. The standard InChI is InChI=1S/C29H31ClN4O5S/c1-33(2)15-4-16-34(40(3,38)39)23-12-10-22(11-13-23)31-28(20-7-5-19(6-8-20)17-26(35)36)27-24-14-9-21(30)18-25(24)32-29(27)37/h5-14,18,27H,4,15-17H2,1-3H3,(H,32,37)(H,35,36). The number of carboxylic acids is 1. The van der Waals surface area contributed by atoms with Crippen molar-refractivity contribution in [1.29, 1.82) is 0 Å². The van der Waals surface area contributed by atoms with E-state index in [0.29, 0.717) is 51.9 Å². The van der Waals surface area contributed by atoms with E-state index in [-0.39, 0.29) is 12.3 Å². The number of sulfonamides is 1. The van der Waals surface area contributed by atoms with E-state index in [1.54, 1.807) is 66.7 Å². The molecular weight excluding hydrogens is 552 g/mol. The van der Waals surface area contributed by atoms with E-state index in [4.69, 9.17) is 21.7 Å². The first-order chi connectivity index (χ1) is 18.9. The lowest BCUT2D eigenvalue weighted by Crippen LogP contribution is -2.32. The van der Waals surface area contributed by atoms with Gasteiger partial charge in [-0.05, 0) is 80.1 Å². The van der Waals surface area contributed by atoms with E-state index in [1.807, 2.05) is 19.0 Å². The number of benzene rings is 3. The number of nitrogens with one attached hydrogen (secondary N) is 1. The molecule has 0 saturated heterocycles. The summed E-state index contributed by atoms with van der Waals surface area (Å²) in [7, 11) is 0.382. The van der Waals surface area contributed by atoms with Crippen LogP contribution in [0.4, 0.5) is 17.1 Å². The summed E-state index contributed by atoms with van der Waals surface area (Å²) in [5, 5.41) is 12.5. The molecule has 0 spiro atoms. The summed E-state index contributed by atoms with van der Waals surface area (Å²) >= 11 is 6.14. The van der Waals surface area contributed by atoms with Gasteiger partial charge in [0.1, 0.15) is 5.92 Å². The lowest BCUT2D eigenvalue weighted by molar-refractivity contribution is -0.136. The summed E-state index contributed by atoms with van der Waals surface area (Å²) in [6, 6.07) is 18.9. The van der Waals surface area contributed by atoms with Crippen molar-refractivity contribution >= 4 is 56.3 Å². The SMILES string of the molecule is CN(C)CCCN(c1ccc(N=C(c2ccc(CC(=O)O)cc2)C2C(=O)Nc3cc(Cl)ccc32)cc1)S(C)(=O)=O. The van der Waals surface area contributed by atoms with Gasteiger partial charge in [-0.15, -0.1) is 0 Å². The monoisotopic (exact) mass is 582 g/mol. The van der Waals surface area contributed by atoms with E-state index >= 15 is 0 Å². The maximum Gasteiger partial charge on any atom is 0.307 e. The predicted molar refractivity (Wildman–Crippen MR) is 159 cm³/mol. The minimum Gasteiger partial charge on any atom is -0.481 e. The Hall–Kier alpha value is -3.73. The average molecular weight is 583 g/mol. The number of nitrogens with zero attached hydrogens (tertiary/aromatic N) is 3. The Labute approximate surface area is 239 Å². The van der Waals surface area contributed by atoms with Gasteiger partial charge in [0.15, 0.2) is 0 Å². The fourth-order valence-corrected chi connectivity index (χ4v) is 5.76. The van der Waals surface area contributed by atoms with Crippen molar-refractivity contribution in [1.82, 2.24) is 4.90 Å². The molecule has 1 amide bonds. The third kappa shape index (κ3) is 7.07. The van der Waals surface area contributed by atoms with Crippen LogP contribution in [0.5, 0.6) is 0 Å². The number of carboxylic acid groups (broad SMARTS) is 1. The highest BCUT2D eigenvalue weighted by Crippen LogP contribution is 2.38. The Bertz CT molecular complexity index is 1540. The maximum atomic E-state index is 13.2. The zero-order valence-corrected chi connectivity index (χ0v) is 24.0. The Kier molecular flexibility index (Phi) is 8.92. The number of carbonyl (C=O) groups excluding carboxylic acids is 1. The normalized spacial score (nSPS) is 15.2. The van der Waals surface area contributed by atoms with Crippen LogP contribution in [0.1, 0.15) is 29.0 Å². The van der Waals surface area contributed by atoms with Crippen LogP contribution in [0.15, 0.2) is 71.7 Å². The van der Waals surface area contributed by atoms with Gasteiger partial charge in [-0.1, -0.05) is 41.9 Å². The largest absolute Gasteiger partial charge is 0.481 e. The molecular formula is C29H31ClN4O5S. The van der Waals surface area contributed by atoms with Crippen LogP contribution in [0.2, 0.25) is 5.02 Å². The number of halogens is 1. The minimum absolute atomic E-state index is 0.120. The van der Waals surface area contributed by atoms with E-state index in [1.165, 1.54) is 10.6 Å². The molecule has 1 aliphatic heterocycles. The van der Waals surface area contributed by atoms with Gasteiger partial charge in [0.2, 0.25) is 15.9 Å². The minimum atomic E-state index is -3.49. The summed E-state index contributed by atoms with van der Waals surface area (Å²) in [5.41, 5.74) is 4.14. The van der Waals surface area contributed by atoms with Gasteiger partial charge in [0.05, 0.1) is 29.8 Å². The molecule has 3 aromatic rings. The summed E-state index contributed by atoms with van der Waals surface area (Å²) in [4.78, 5) is 31.2. The zero-order valence-electron chi connectivity index (χ0n) is 22.5. The van der Waals surface area contributed by atoms with Gasteiger partial charge in [0.25, 0.3) is 0 Å². The van der Waals surface area contributed by atoms with Gasteiger partial charge in [0, 0.05) is 17.3 Å². The summed E-state index contributed by atoms with van der Waals surface area (Å²) in [6.45, 7) is 1.09. The van der Waals surface area contributed by atoms with Gasteiger partial charge >= 0.3 is 5.97 Å². The van der Waals surface area contributed by atoms with Crippen molar-refractivity contribution in [3.63, 3.8) is 0 Å². The molecule has 4 rings (SSSR count). The van der Waals surface area contributed by atoms with Crippen molar-refractivity contribution in [3.8, 4) is 0 Å². The number of rotatable bonds is 11. The molecule has 0 saturated carbocycles. The number of carbonyl (C=O) groups is 2. The number of hydrogen-bond acceptors (Lipinski definition) is 6. The lowest BCUT2D eigenvalue weighted by Gasteiger charge is -2.23. The molecule has 0 bridgehead atoms. The quantitative estimate of drug-likeness (QED) is 0.320. The number of fused-ring (bicyclic) bond motifs is 1. The van der Waals surface area contributed by atoms with Crippen molar-refractivity contribution < 1.29 is 23.1 Å². The summed E-state index contributed by atoms with van der Waals surface area (Å²) < 4.78 is 26.4. The number of aliphatic imine (C=N–C) groups is 1. The summed E-state index contributed by atoms with van der Waals surface area (Å²) in [6.07, 6.45) is 1.73. The molecule has 3 aromatic carbocycles. The second kappa shape index (κ2) is 12.2. The number of amides is 1. The van der Waals surface area contributed by atoms with Crippen LogP contribution in [0, 0.1) is 0 Å². The molecule has 0 fully saturated rings. The molecule has 1 heterocycles. The first kappa shape index (κ1) is 29.3. The van der Waals surface area contributed by atoms with Crippen LogP contribution in [-0.2, 0) is 26.0 Å². The molecule has 9 nitrogen and oxygen atoms in total. The third-order valence-corrected chi connectivity index (χ3v) is 7.91. The Balaban J connectivity index is 1.73. The highest BCUT2D eigenvalue weighted by molar-refractivity contribution is 7.92. The van der Waals surface area contributed by atoms with Crippen LogP contribution >= 0.6 is 11.6 Å². The van der Waals surface area contributed by atoms with Gasteiger partial charge in [-0.3, -0.25) is 18.9 Å². The fraction of sp³-hybridized carbons (Fsp3) is 0.276. The first-order valence-electron chi connectivity index (χ1n) is 12.6. The van der Waals surface area contributed by atoms with E-state index in [0.717, 1.165) is 12.1 Å². The molecule has 210 valence electrons. The van der Waals surface area contributed by atoms with Crippen LogP contribution in [-0.4, -0.2) is 69.5 Å². The predicted octanol–water partition coefficient (Wildman–Crippen LogP) is 4.54. The summed E-state index contributed by atoms with van der Waals surface area (Å²) in [5.74, 6) is -1.92. The number of aliphatic carboxylic acids is 1. The van der Waals surface area contributed by atoms with E-state index < -0.39 is 21.9 Å². The second-order valence-electron chi connectivity index (χ2n) is 9.93. The van der Waals surface area contributed by atoms with E-state index in [9.17, 15) is 18.0 Å². The number of hydrogen-bond donors (Lipinski definition) is 2. The number of anilines is 2.